The van der Waals surface area contributed by atoms with Crippen molar-refractivity contribution in [2.75, 3.05) is 33.0 Å². The van der Waals surface area contributed by atoms with Gasteiger partial charge >= 0.3 is 11.9 Å². The van der Waals surface area contributed by atoms with Gasteiger partial charge in [-0.15, -0.1) is 0 Å². The van der Waals surface area contributed by atoms with Crippen LogP contribution < -0.4 is 5.32 Å². The van der Waals surface area contributed by atoms with E-state index in [2.05, 4.69) is 5.32 Å². The molecule has 1 heterocycles. The second-order valence-electron chi connectivity index (χ2n) is 6.97. The number of nitrogens with one attached hydrogen (secondary N) is 1. The lowest BCUT2D eigenvalue weighted by Crippen LogP contribution is -2.34. The lowest BCUT2D eigenvalue weighted by molar-refractivity contribution is -0.384. The van der Waals surface area contributed by atoms with Crippen LogP contribution >= 0.6 is 0 Å². The summed E-state index contributed by atoms with van der Waals surface area (Å²) in [6.45, 7) is 5.45. The number of non-ortho nitro benzene ring substituents is 1. The topological polar surface area (TPSA) is 137 Å². The molecule has 1 aliphatic heterocycles. The lowest BCUT2D eigenvalue weighted by Gasteiger charge is -2.31. The number of aliphatic hydroxyl groups excluding tert-OH is 1. The Hall–Kier alpha value is -3.24. The Labute approximate surface area is 186 Å². The number of benzene rings is 1. The van der Waals surface area contributed by atoms with Crippen molar-refractivity contribution in [3.63, 3.8) is 0 Å². The van der Waals surface area contributed by atoms with Crippen molar-refractivity contribution in [1.82, 2.24) is 5.32 Å². The highest BCUT2D eigenvalue weighted by atomic mass is 16.6. The predicted octanol–water partition coefficient (Wildman–Crippen LogP) is 2.33. The molecule has 1 unspecified atom stereocenters. The molecular formula is C22H28N2O8. The van der Waals surface area contributed by atoms with Crippen LogP contribution in [0.4, 0.5) is 5.69 Å². The third kappa shape index (κ3) is 5.92. The highest BCUT2D eigenvalue weighted by molar-refractivity contribution is 6.00. The Morgan fingerprint density at radius 2 is 1.84 bits per heavy atom. The summed E-state index contributed by atoms with van der Waals surface area (Å²) in [6, 6.07) is 5.63. The van der Waals surface area contributed by atoms with Crippen LogP contribution in [0.5, 0.6) is 0 Å². The molecule has 32 heavy (non-hydrogen) atoms. The number of carbonyl (C=O) groups excluding carboxylic acids is 2. The highest BCUT2D eigenvalue weighted by Gasteiger charge is 2.39. The van der Waals surface area contributed by atoms with Crippen LogP contribution in [0, 0.1) is 10.1 Å². The van der Waals surface area contributed by atoms with E-state index in [1.54, 1.807) is 19.9 Å². The number of nitro benzene ring substituents is 1. The molecule has 0 spiro atoms. The van der Waals surface area contributed by atoms with Crippen LogP contribution in [0.3, 0.4) is 0 Å². The number of dihydropyridines is 1. The van der Waals surface area contributed by atoms with Crippen molar-refractivity contribution in [3.8, 4) is 0 Å². The molecule has 0 aliphatic carbocycles. The van der Waals surface area contributed by atoms with Gasteiger partial charge in [-0.3, -0.25) is 10.1 Å². The van der Waals surface area contributed by atoms with Crippen LogP contribution in [-0.4, -0.2) is 55.0 Å². The number of carbonyl (C=O) groups is 2. The smallest absolute Gasteiger partial charge is 0.336 e. The number of hydrogen-bond donors (Lipinski definition) is 2. The molecule has 10 heteroatoms. The first-order valence-electron chi connectivity index (χ1n) is 10.3. The van der Waals surface area contributed by atoms with Gasteiger partial charge in [0.1, 0.15) is 6.61 Å². The Morgan fingerprint density at radius 1 is 1.12 bits per heavy atom. The number of esters is 2. The van der Waals surface area contributed by atoms with Crippen molar-refractivity contribution >= 4 is 17.6 Å². The van der Waals surface area contributed by atoms with Gasteiger partial charge in [-0.2, -0.15) is 0 Å². The SMILES string of the molecule is CCCOCCOC(=O)C1=C(CO)NC(C)=C(C(=O)OCC)C1c1cccc([N+](=O)[O-])c1. The summed E-state index contributed by atoms with van der Waals surface area (Å²) in [7, 11) is 0. The van der Waals surface area contributed by atoms with Crippen molar-refractivity contribution < 1.29 is 33.8 Å². The Morgan fingerprint density at radius 3 is 2.47 bits per heavy atom. The zero-order valence-electron chi connectivity index (χ0n) is 18.4. The second kappa shape index (κ2) is 12.0. The quantitative estimate of drug-likeness (QED) is 0.226. The molecule has 2 N–H and O–H groups in total. The molecule has 174 valence electrons. The highest BCUT2D eigenvalue weighted by Crippen LogP contribution is 2.40. The minimum Gasteiger partial charge on any atom is -0.463 e. The molecule has 0 bridgehead atoms. The Bertz CT molecular complexity index is 922. The van der Waals surface area contributed by atoms with Crippen molar-refractivity contribution in [2.24, 2.45) is 0 Å². The summed E-state index contributed by atoms with van der Waals surface area (Å²) >= 11 is 0. The monoisotopic (exact) mass is 448 g/mol. The minimum absolute atomic E-state index is 0.0165. The molecule has 10 nitrogen and oxygen atoms in total. The average molecular weight is 448 g/mol. The van der Waals surface area contributed by atoms with E-state index in [9.17, 15) is 24.8 Å². The predicted molar refractivity (Wildman–Crippen MR) is 114 cm³/mol. The number of nitrogens with zero attached hydrogens (tertiary/aromatic N) is 1. The van der Waals surface area contributed by atoms with Crippen molar-refractivity contribution in [3.05, 3.63) is 62.5 Å². The van der Waals surface area contributed by atoms with E-state index < -0.39 is 29.4 Å². The molecule has 0 aromatic heterocycles. The molecule has 0 saturated carbocycles. The second-order valence-corrected chi connectivity index (χ2v) is 6.97. The summed E-state index contributed by atoms with van der Waals surface area (Å²) in [5.74, 6) is -2.48. The maximum absolute atomic E-state index is 13.0. The fourth-order valence-corrected chi connectivity index (χ4v) is 3.41. The van der Waals surface area contributed by atoms with Crippen LogP contribution in [0.2, 0.25) is 0 Å². The van der Waals surface area contributed by atoms with Gasteiger partial charge in [0.2, 0.25) is 0 Å². The molecule has 0 radical (unpaired) electrons. The maximum atomic E-state index is 13.0. The van der Waals surface area contributed by atoms with Crippen LogP contribution in [0.25, 0.3) is 0 Å². The molecule has 0 saturated heterocycles. The summed E-state index contributed by atoms with van der Waals surface area (Å²) < 4.78 is 15.8. The summed E-state index contributed by atoms with van der Waals surface area (Å²) in [6.07, 6.45) is 0.819. The molecule has 1 aromatic carbocycles. The number of nitro groups is 1. The molecule has 1 atom stereocenters. The van der Waals surface area contributed by atoms with E-state index in [0.29, 0.717) is 17.9 Å². The standard InChI is InChI=1S/C22H28N2O8/c1-4-9-30-10-11-32-22(27)20-17(13-25)23-14(3)18(21(26)31-5-2)19(20)15-7-6-8-16(12-15)24(28)29/h6-8,12,19,23,25H,4-5,9-11,13H2,1-3H3. The van der Waals surface area contributed by atoms with Crippen LogP contribution in [-0.2, 0) is 23.8 Å². The number of ether oxygens (including phenoxy) is 3. The van der Waals surface area contributed by atoms with Gasteiger partial charge in [0.15, 0.2) is 0 Å². The van der Waals surface area contributed by atoms with Crippen LogP contribution in [0.15, 0.2) is 46.8 Å². The van der Waals surface area contributed by atoms with Gasteiger partial charge < -0.3 is 24.6 Å². The minimum atomic E-state index is -1.03. The fraction of sp³-hybridized carbons (Fsp3) is 0.455. The van der Waals surface area contributed by atoms with Gasteiger partial charge in [-0.05, 0) is 25.8 Å². The van der Waals surface area contributed by atoms with Gasteiger partial charge in [-0.25, -0.2) is 9.59 Å². The largest absolute Gasteiger partial charge is 0.463 e. The Balaban J connectivity index is 2.53. The Kier molecular flexibility index (Phi) is 9.36. The van der Waals surface area contributed by atoms with E-state index in [1.165, 1.54) is 18.2 Å². The molecule has 2 rings (SSSR count). The number of allylic oxidation sites excluding steroid dienone is 1. The number of hydrogen-bond acceptors (Lipinski definition) is 9. The first-order chi connectivity index (χ1) is 15.3. The van der Waals surface area contributed by atoms with E-state index in [4.69, 9.17) is 14.2 Å². The van der Waals surface area contributed by atoms with E-state index in [0.717, 1.165) is 6.42 Å². The van der Waals surface area contributed by atoms with E-state index in [-0.39, 0.29) is 42.4 Å². The molecular weight excluding hydrogens is 420 g/mol. The van der Waals surface area contributed by atoms with Gasteiger partial charge in [-0.1, -0.05) is 19.1 Å². The third-order valence-corrected chi connectivity index (χ3v) is 4.74. The number of rotatable bonds is 11. The van der Waals surface area contributed by atoms with E-state index >= 15 is 0 Å². The van der Waals surface area contributed by atoms with Crippen LogP contribution in [0.1, 0.15) is 38.7 Å². The molecule has 1 aliphatic rings. The zero-order valence-corrected chi connectivity index (χ0v) is 18.4. The summed E-state index contributed by atoms with van der Waals surface area (Å²) in [5, 5.41) is 24.1. The maximum Gasteiger partial charge on any atom is 0.336 e. The summed E-state index contributed by atoms with van der Waals surface area (Å²) in [5.41, 5.74) is 0.727. The molecule has 1 aromatic rings. The third-order valence-electron chi connectivity index (χ3n) is 4.74. The summed E-state index contributed by atoms with van der Waals surface area (Å²) in [4.78, 5) is 36.6. The number of aliphatic hydroxyl groups is 1. The zero-order chi connectivity index (χ0) is 23.7. The van der Waals surface area contributed by atoms with Gasteiger partial charge in [0.05, 0.1) is 47.5 Å². The normalized spacial score (nSPS) is 15.9. The fourth-order valence-electron chi connectivity index (χ4n) is 3.41. The van der Waals surface area contributed by atoms with Crippen molar-refractivity contribution in [2.45, 2.75) is 33.1 Å². The van der Waals surface area contributed by atoms with Crippen molar-refractivity contribution in [1.29, 1.82) is 0 Å². The molecule has 0 fully saturated rings. The van der Waals surface area contributed by atoms with Gasteiger partial charge in [0, 0.05) is 24.4 Å². The van der Waals surface area contributed by atoms with E-state index in [1.807, 2.05) is 6.92 Å². The van der Waals surface area contributed by atoms with Gasteiger partial charge in [0.25, 0.3) is 5.69 Å². The first-order valence-corrected chi connectivity index (χ1v) is 10.3. The lowest BCUT2D eigenvalue weighted by atomic mass is 9.80. The first kappa shape index (κ1) is 25.0. The average Bonchev–Trinajstić information content (AvgIpc) is 2.78. The molecule has 0 amide bonds.